The zero-order chi connectivity index (χ0) is 18.9. The summed E-state index contributed by atoms with van der Waals surface area (Å²) in [4.78, 5) is 18.2. The van der Waals surface area contributed by atoms with Crippen molar-refractivity contribution in [3.8, 4) is 0 Å². The number of likely N-dealkylation sites (N-methyl/N-ethyl adjacent to an activating group) is 1. The second-order valence-electron chi connectivity index (χ2n) is 7.41. The Morgan fingerprint density at radius 2 is 1.89 bits per heavy atom. The number of hydrogen-bond donors (Lipinski definition) is 1. The number of anilines is 1. The summed E-state index contributed by atoms with van der Waals surface area (Å²) in [6, 6.07) is 3.95. The molecule has 1 saturated heterocycles. The van der Waals surface area contributed by atoms with E-state index >= 15 is 0 Å². The fraction of sp³-hybridized carbons (Fsp3) is 0.400. The second kappa shape index (κ2) is 7.29. The van der Waals surface area contributed by atoms with E-state index in [4.69, 9.17) is 10.1 Å². The lowest BCUT2D eigenvalue weighted by atomic mass is 10.2. The first-order valence-electron chi connectivity index (χ1n) is 9.80. The summed E-state index contributed by atoms with van der Waals surface area (Å²) in [5, 5.41) is 9.43. The average Bonchev–Trinajstić information content (AvgIpc) is 3.10. The summed E-state index contributed by atoms with van der Waals surface area (Å²) in [5.41, 5.74) is 4.62. The number of aromatic nitrogens is 5. The fourth-order valence-electron chi connectivity index (χ4n) is 3.88. The molecule has 28 heavy (non-hydrogen) atoms. The molecular weight excluding hydrogens is 352 g/mol. The van der Waals surface area contributed by atoms with Crippen molar-refractivity contribution < 1.29 is 0 Å². The zero-order valence-corrected chi connectivity index (χ0v) is 16.0. The summed E-state index contributed by atoms with van der Waals surface area (Å²) >= 11 is 0. The van der Waals surface area contributed by atoms with E-state index in [2.05, 4.69) is 32.1 Å². The topological polar surface area (TPSA) is 74.5 Å². The van der Waals surface area contributed by atoms with Crippen molar-refractivity contribution in [1.29, 1.82) is 0 Å². The van der Waals surface area contributed by atoms with E-state index in [0.717, 1.165) is 78.8 Å². The van der Waals surface area contributed by atoms with Gasteiger partial charge in [-0.15, -0.1) is 0 Å². The Labute approximate surface area is 163 Å². The minimum atomic E-state index is 0.878. The van der Waals surface area contributed by atoms with Gasteiger partial charge in [0.15, 0.2) is 0 Å². The third-order valence-electron chi connectivity index (χ3n) is 5.50. The maximum atomic E-state index is 4.81. The molecule has 0 radical (unpaired) electrons. The van der Waals surface area contributed by atoms with Crippen molar-refractivity contribution >= 4 is 33.1 Å². The van der Waals surface area contributed by atoms with E-state index in [1.807, 2.05) is 24.5 Å². The van der Waals surface area contributed by atoms with Gasteiger partial charge >= 0.3 is 0 Å². The predicted octanol–water partition coefficient (Wildman–Crippen LogP) is 1.88. The van der Waals surface area contributed by atoms with Gasteiger partial charge in [0, 0.05) is 50.5 Å². The summed E-state index contributed by atoms with van der Waals surface area (Å²) in [6.45, 7) is 6.64. The molecule has 0 atom stereocenters. The molecule has 0 aromatic carbocycles. The van der Waals surface area contributed by atoms with Crippen molar-refractivity contribution in [3.63, 3.8) is 0 Å². The van der Waals surface area contributed by atoms with Crippen molar-refractivity contribution in [2.75, 3.05) is 51.6 Å². The van der Waals surface area contributed by atoms with Gasteiger partial charge in [-0.05, 0) is 32.1 Å². The molecule has 8 nitrogen and oxygen atoms in total. The van der Waals surface area contributed by atoms with Crippen molar-refractivity contribution in [2.45, 2.75) is 6.42 Å². The second-order valence-corrected chi connectivity index (χ2v) is 7.41. The van der Waals surface area contributed by atoms with Crippen molar-refractivity contribution in [2.24, 2.45) is 0 Å². The SMILES string of the molecule is CN1CCN(CCCNc2c3ccncc3nc3c2nn2cnccc32)CC1. The molecule has 0 amide bonds. The Balaban J connectivity index is 1.42. The van der Waals surface area contributed by atoms with Crippen LogP contribution in [-0.4, -0.2) is 80.7 Å². The van der Waals surface area contributed by atoms with Crippen LogP contribution >= 0.6 is 0 Å². The molecule has 144 valence electrons. The number of fused-ring (bicyclic) bond motifs is 4. The van der Waals surface area contributed by atoms with Gasteiger partial charge in [0.1, 0.15) is 17.4 Å². The quantitative estimate of drug-likeness (QED) is 0.533. The minimum absolute atomic E-state index is 0.878. The molecule has 4 aromatic heterocycles. The van der Waals surface area contributed by atoms with Gasteiger partial charge in [-0.25, -0.2) is 14.5 Å². The van der Waals surface area contributed by atoms with Crippen molar-refractivity contribution in [3.05, 3.63) is 37.1 Å². The van der Waals surface area contributed by atoms with Crippen LogP contribution in [0.2, 0.25) is 0 Å². The van der Waals surface area contributed by atoms with Gasteiger partial charge in [0.05, 0.1) is 22.9 Å². The molecule has 4 aromatic rings. The van der Waals surface area contributed by atoms with Gasteiger partial charge in [0.25, 0.3) is 0 Å². The van der Waals surface area contributed by atoms with Crippen LogP contribution in [0, 0.1) is 0 Å². The number of nitrogens with zero attached hydrogens (tertiary/aromatic N) is 7. The summed E-state index contributed by atoms with van der Waals surface area (Å²) in [5.74, 6) is 0. The van der Waals surface area contributed by atoms with Crippen LogP contribution in [-0.2, 0) is 0 Å². The third kappa shape index (κ3) is 3.14. The van der Waals surface area contributed by atoms with Crippen molar-refractivity contribution in [1.82, 2.24) is 34.4 Å². The Kier molecular flexibility index (Phi) is 4.50. The van der Waals surface area contributed by atoms with E-state index in [9.17, 15) is 0 Å². The Morgan fingerprint density at radius 3 is 2.79 bits per heavy atom. The highest BCUT2D eigenvalue weighted by atomic mass is 15.3. The lowest BCUT2D eigenvalue weighted by molar-refractivity contribution is 0.154. The van der Waals surface area contributed by atoms with Crippen LogP contribution in [0.5, 0.6) is 0 Å². The lowest BCUT2D eigenvalue weighted by Crippen LogP contribution is -2.44. The van der Waals surface area contributed by atoms with E-state index in [-0.39, 0.29) is 0 Å². The first-order valence-corrected chi connectivity index (χ1v) is 9.80. The first-order chi connectivity index (χ1) is 13.8. The monoisotopic (exact) mass is 376 g/mol. The van der Waals surface area contributed by atoms with Crippen LogP contribution in [0.15, 0.2) is 37.1 Å². The van der Waals surface area contributed by atoms with Crippen LogP contribution in [0.4, 0.5) is 5.69 Å². The molecule has 1 N–H and O–H groups in total. The van der Waals surface area contributed by atoms with Gasteiger partial charge in [-0.3, -0.25) is 4.98 Å². The van der Waals surface area contributed by atoms with E-state index in [1.165, 1.54) is 0 Å². The molecule has 0 bridgehead atoms. The molecule has 0 saturated carbocycles. The maximum Gasteiger partial charge on any atom is 0.136 e. The minimum Gasteiger partial charge on any atom is -0.383 e. The summed E-state index contributed by atoms with van der Waals surface area (Å²) in [6.07, 6.45) is 8.21. The molecule has 1 aliphatic rings. The van der Waals surface area contributed by atoms with E-state index in [1.54, 1.807) is 17.0 Å². The molecule has 5 rings (SSSR count). The highest BCUT2D eigenvalue weighted by Crippen LogP contribution is 2.31. The van der Waals surface area contributed by atoms with Crippen LogP contribution in [0.1, 0.15) is 6.42 Å². The standard InChI is InChI=1S/C20H24N8/c1-26-9-11-27(12-10-26)8-2-5-23-18-15-3-6-21-13-16(15)24-19-17-4-7-22-14-28(17)25-20(18)19/h3-4,6-7,13-14,23H,2,5,8-12H2,1H3. The molecular formula is C20H24N8. The largest absolute Gasteiger partial charge is 0.383 e. The maximum absolute atomic E-state index is 4.81. The van der Waals surface area contributed by atoms with Gasteiger partial charge in [-0.2, -0.15) is 5.10 Å². The smallest absolute Gasteiger partial charge is 0.136 e. The molecule has 1 aliphatic heterocycles. The molecule has 0 aliphatic carbocycles. The van der Waals surface area contributed by atoms with E-state index in [0.29, 0.717) is 0 Å². The predicted molar refractivity (Wildman–Crippen MR) is 111 cm³/mol. The van der Waals surface area contributed by atoms with E-state index < -0.39 is 0 Å². The third-order valence-corrected chi connectivity index (χ3v) is 5.50. The Bertz CT molecular complexity index is 1110. The fourth-order valence-corrected chi connectivity index (χ4v) is 3.88. The average molecular weight is 376 g/mol. The van der Waals surface area contributed by atoms with Gasteiger partial charge < -0.3 is 15.1 Å². The molecule has 5 heterocycles. The number of rotatable bonds is 5. The Morgan fingerprint density at radius 1 is 1.04 bits per heavy atom. The van der Waals surface area contributed by atoms with Gasteiger partial charge in [-0.1, -0.05) is 0 Å². The lowest BCUT2D eigenvalue weighted by Gasteiger charge is -2.32. The summed E-state index contributed by atoms with van der Waals surface area (Å²) < 4.78 is 1.79. The highest BCUT2D eigenvalue weighted by Gasteiger charge is 2.16. The van der Waals surface area contributed by atoms with Crippen LogP contribution in [0.25, 0.3) is 27.5 Å². The number of pyridine rings is 2. The van der Waals surface area contributed by atoms with Gasteiger partial charge in [0.2, 0.25) is 0 Å². The molecule has 0 spiro atoms. The first kappa shape index (κ1) is 17.3. The number of hydrogen-bond acceptors (Lipinski definition) is 7. The normalized spacial score (nSPS) is 16.3. The highest BCUT2D eigenvalue weighted by molar-refractivity contribution is 6.09. The Hall–Kier alpha value is -2.84. The number of nitrogens with one attached hydrogen (secondary N) is 1. The zero-order valence-electron chi connectivity index (χ0n) is 16.0. The van der Waals surface area contributed by atoms with Crippen LogP contribution < -0.4 is 5.32 Å². The molecule has 8 heteroatoms. The molecule has 0 unspecified atom stereocenters. The summed E-state index contributed by atoms with van der Waals surface area (Å²) in [7, 11) is 2.19. The number of piperazine rings is 1. The molecule has 1 fully saturated rings. The van der Waals surface area contributed by atoms with Crippen LogP contribution in [0.3, 0.4) is 0 Å².